The van der Waals surface area contributed by atoms with Crippen molar-refractivity contribution in [3.8, 4) is 0 Å². The summed E-state index contributed by atoms with van der Waals surface area (Å²) in [6.45, 7) is 5.21. The average molecular weight is 248 g/mol. The van der Waals surface area contributed by atoms with Crippen LogP contribution in [0.3, 0.4) is 0 Å². The summed E-state index contributed by atoms with van der Waals surface area (Å²) in [4.78, 5) is 15.0. The fourth-order valence-electron chi connectivity index (χ4n) is 2.20. The Morgan fingerprint density at radius 2 is 1.94 bits per heavy atom. The first-order valence-corrected chi connectivity index (χ1v) is 6.65. The van der Waals surface area contributed by atoms with Gasteiger partial charge >= 0.3 is 0 Å². The number of rotatable bonds is 4. The molecule has 0 spiro atoms. The van der Waals surface area contributed by atoms with Gasteiger partial charge in [-0.05, 0) is 31.1 Å². The van der Waals surface area contributed by atoms with Crippen LogP contribution in [0.25, 0.3) is 0 Å². The lowest BCUT2D eigenvalue weighted by Crippen LogP contribution is -2.23. The molecule has 1 saturated carbocycles. The van der Waals surface area contributed by atoms with Gasteiger partial charge in [-0.15, -0.1) is 0 Å². The van der Waals surface area contributed by atoms with Crippen LogP contribution < -0.4 is 16.0 Å². The molecule has 0 radical (unpaired) electrons. The van der Waals surface area contributed by atoms with Crippen molar-refractivity contribution in [3.05, 3.63) is 0 Å². The molecule has 6 nitrogen and oxygen atoms in total. The standard InChI is InChI=1S/C12H20N6/c1-12(4-5-12)8-14-10-15-9(13)16-11(17-10)18-6-2-3-7-18/h2-8H2,1H3,(H3,13,14,15,16,17). The number of nitrogens with zero attached hydrogens (tertiary/aromatic N) is 4. The van der Waals surface area contributed by atoms with Crippen molar-refractivity contribution in [3.63, 3.8) is 0 Å². The van der Waals surface area contributed by atoms with Crippen LogP contribution in [-0.4, -0.2) is 34.6 Å². The summed E-state index contributed by atoms with van der Waals surface area (Å²) < 4.78 is 0. The minimum Gasteiger partial charge on any atom is -0.368 e. The predicted molar refractivity (Wildman–Crippen MR) is 71.5 cm³/mol. The normalized spacial score (nSPS) is 21.1. The molecule has 2 aliphatic rings. The second-order valence-corrected chi connectivity index (χ2v) is 5.68. The first-order valence-electron chi connectivity index (χ1n) is 6.65. The molecule has 0 aromatic carbocycles. The van der Waals surface area contributed by atoms with Crippen molar-refractivity contribution in [1.82, 2.24) is 15.0 Å². The molecule has 2 heterocycles. The lowest BCUT2D eigenvalue weighted by molar-refractivity contribution is 0.607. The highest BCUT2D eigenvalue weighted by atomic mass is 15.3. The molecule has 0 amide bonds. The first-order chi connectivity index (χ1) is 8.65. The molecule has 3 N–H and O–H groups in total. The molecular weight excluding hydrogens is 228 g/mol. The van der Waals surface area contributed by atoms with Gasteiger partial charge in [0.2, 0.25) is 17.8 Å². The van der Waals surface area contributed by atoms with Gasteiger partial charge in [0.25, 0.3) is 0 Å². The van der Waals surface area contributed by atoms with Crippen molar-refractivity contribution >= 4 is 17.8 Å². The maximum absolute atomic E-state index is 5.75. The highest BCUT2D eigenvalue weighted by molar-refractivity contribution is 5.42. The van der Waals surface area contributed by atoms with Crippen molar-refractivity contribution < 1.29 is 0 Å². The predicted octanol–water partition coefficient (Wildman–Crippen LogP) is 1.27. The van der Waals surface area contributed by atoms with E-state index in [0.29, 0.717) is 23.3 Å². The summed E-state index contributed by atoms with van der Waals surface area (Å²) >= 11 is 0. The minimum atomic E-state index is 0.301. The maximum atomic E-state index is 5.75. The van der Waals surface area contributed by atoms with Crippen LogP contribution >= 0.6 is 0 Å². The number of anilines is 3. The van der Waals surface area contributed by atoms with Crippen LogP contribution in [0, 0.1) is 5.41 Å². The van der Waals surface area contributed by atoms with Crippen LogP contribution in [-0.2, 0) is 0 Å². The molecule has 1 saturated heterocycles. The van der Waals surface area contributed by atoms with E-state index in [1.165, 1.54) is 25.7 Å². The van der Waals surface area contributed by atoms with E-state index in [2.05, 4.69) is 32.1 Å². The van der Waals surface area contributed by atoms with Crippen molar-refractivity contribution in [1.29, 1.82) is 0 Å². The zero-order valence-corrected chi connectivity index (χ0v) is 10.8. The Morgan fingerprint density at radius 3 is 2.61 bits per heavy atom. The number of nitrogens with two attached hydrogens (primary N) is 1. The number of aromatic nitrogens is 3. The third kappa shape index (κ3) is 2.47. The molecule has 0 unspecified atom stereocenters. The van der Waals surface area contributed by atoms with Gasteiger partial charge in [-0.3, -0.25) is 0 Å². The fourth-order valence-corrected chi connectivity index (χ4v) is 2.20. The van der Waals surface area contributed by atoms with Gasteiger partial charge in [0, 0.05) is 19.6 Å². The highest BCUT2D eigenvalue weighted by Crippen LogP contribution is 2.44. The van der Waals surface area contributed by atoms with Crippen molar-refractivity contribution in [2.45, 2.75) is 32.6 Å². The van der Waals surface area contributed by atoms with E-state index >= 15 is 0 Å². The molecule has 0 bridgehead atoms. The molecule has 6 heteroatoms. The van der Waals surface area contributed by atoms with E-state index in [-0.39, 0.29) is 0 Å². The van der Waals surface area contributed by atoms with Crippen LogP contribution in [0.2, 0.25) is 0 Å². The smallest absolute Gasteiger partial charge is 0.231 e. The van der Waals surface area contributed by atoms with E-state index in [9.17, 15) is 0 Å². The van der Waals surface area contributed by atoms with Gasteiger partial charge in [0.1, 0.15) is 0 Å². The molecule has 18 heavy (non-hydrogen) atoms. The molecule has 1 aromatic rings. The summed E-state index contributed by atoms with van der Waals surface area (Å²) in [6.07, 6.45) is 4.96. The third-order valence-electron chi connectivity index (χ3n) is 3.81. The molecule has 3 rings (SSSR count). The Kier molecular flexibility index (Phi) is 2.72. The van der Waals surface area contributed by atoms with Gasteiger partial charge in [-0.25, -0.2) is 0 Å². The van der Waals surface area contributed by atoms with Crippen LogP contribution in [0.4, 0.5) is 17.8 Å². The molecule has 2 fully saturated rings. The van der Waals surface area contributed by atoms with Crippen LogP contribution in [0.5, 0.6) is 0 Å². The number of hydrogen-bond donors (Lipinski definition) is 2. The van der Waals surface area contributed by atoms with Gasteiger partial charge in [-0.1, -0.05) is 6.92 Å². The second kappa shape index (κ2) is 4.26. The Hall–Kier alpha value is -1.59. The van der Waals surface area contributed by atoms with Crippen LogP contribution in [0.1, 0.15) is 32.6 Å². The molecule has 98 valence electrons. The quantitative estimate of drug-likeness (QED) is 0.835. The van der Waals surface area contributed by atoms with Crippen molar-refractivity contribution in [2.24, 2.45) is 5.41 Å². The summed E-state index contributed by atoms with van der Waals surface area (Å²) in [6, 6.07) is 0. The van der Waals surface area contributed by atoms with E-state index < -0.39 is 0 Å². The van der Waals surface area contributed by atoms with Gasteiger partial charge < -0.3 is 16.0 Å². The largest absolute Gasteiger partial charge is 0.368 e. The lowest BCUT2D eigenvalue weighted by atomic mass is 10.1. The highest BCUT2D eigenvalue weighted by Gasteiger charge is 2.37. The van der Waals surface area contributed by atoms with E-state index in [1.807, 2.05) is 0 Å². The Labute approximate surface area is 107 Å². The van der Waals surface area contributed by atoms with Gasteiger partial charge in [0.05, 0.1) is 0 Å². The zero-order valence-electron chi connectivity index (χ0n) is 10.8. The summed E-state index contributed by atoms with van der Waals surface area (Å²) in [5, 5.41) is 3.28. The summed E-state index contributed by atoms with van der Waals surface area (Å²) in [7, 11) is 0. The average Bonchev–Trinajstić information content (AvgIpc) is 2.88. The second-order valence-electron chi connectivity index (χ2n) is 5.68. The molecular formula is C12H20N6. The van der Waals surface area contributed by atoms with Gasteiger partial charge in [-0.2, -0.15) is 15.0 Å². The topological polar surface area (TPSA) is 80.0 Å². The lowest BCUT2D eigenvalue weighted by Gasteiger charge is -2.16. The van der Waals surface area contributed by atoms with E-state index in [0.717, 1.165) is 19.6 Å². The van der Waals surface area contributed by atoms with E-state index in [1.54, 1.807) is 0 Å². The Balaban J connectivity index is 1.72. The molecule has 0 atom stereocenters. The maximum Gasteiger partial charge on any atom is 0.231 e. The first kappa shape index (κ1) is 11.5. The third-order valence-corrected chi connectivity index (χ3v) is 3.81. The fraction of sp³-hybridized carbons (Fsp3) is 0.750. The van der Waals surface area contributed by atoms with Crippen LogP contribution in [0.15, 0.2) is 0 Å². The molecule has 1 aliphatic carbocycles. The monoisotopic (exact) mass is 248 g/mol. The van der Waals surface area contributed by atoms with Gasteiger partial charge in [0.15, 0.2) is 0 Å². The number of nitrogens with one attached hydrogen (secondary N) is 1. The molecule has 1 aromatic heterocycles. The summed E-state index contributed by atoms with van der Waals surface area (Å²) in [5.41, 5.74) is 6.18. The number of hydrogen-bond acceptors (Lipinski definition) is 6. The SMILES string of the molecule is CC1(CNc2nc(N)nc(N3CCCC3)n2)CC1. The molecule has 1 aliphatic heterocycles. The zero-order chi connectivity index (χ0) is 12.6. The van der Waals surface area contributed by atoms with Crippen molar-refractivity contribution in [2.75, 3.05) is 35.6 Å². The number of nitrogen functional groups attached to an aromatic ring is 1. The summed E-state index contributed by atoms with van der Waals surface area (Å²) in [5.74, 6) is 1.62. The Bertz CT molecular complexity index is 436. The minimum absolute atomic E-state index is 0.301. The Morgan fingerprint density at radius 1 is 1.22 bits per heavy atom. The van der Waals surface area contributed by atoms with E-state index in [4.69, 9.17) is 5.73 Å².